The number of rotatable bonds is 2. The van der Waals surface area contributed by atoms with Crippen LogP contribution >= 0.6 is 0 Å². The van der Waals surface area contributed by atoms with E-state index in [1.165, 1.54) is 12.3 Å². The van der Waals surface area contributed by atoms with Gasteiger partial charge in [-0.3, -0.25) is 4.98 Å². The number of aryl methyl sites for hydroxylation is 1. The van der Waals surface area contributed by atoms with Gasteiger partial charge in [0.25, 0.3) is 0 Å². The highest BCUT2D eigenvalue weighted by Gasteiger charge is 2.31. The average molecular weight is 219 g/mol. The second-order valence-electron chi connectivity index (χ2n) is 2.80. The van der Waals surface area contributed by atoms with Crippen LogP contribution in [-0.2, 0) is 12.6 Å². The largest absolute Gasteiger partial charge is 0.433 e. The minimum atomic E-state index is -4.33. The van der Waals surface area contributed by atoms with Crippen LogP contribution in [0.4, 0.5) is 13.2 Å². The third kappa shape index (κ3) is 4.81. The molecule has 0 saturated heterocycles. The Hall–Kier alpha value is -1.06. The van der Waals surface area contributed by atoms with E-state index in [1.54, 1.807) is 0 Å². The van der Waals surface area contributed by atoms with Gasteiger partial charge in [0.15, 0.2) is 0 Å². The number of alkyl halides is 3. The van der Waals surface area contributed by atoms with Gasteiger partial charge in [-0.05, 0) is 18.1 Å². The number of hydrogen-bond acceptors (Lipinski definition) is 1. The quantitative estimate of drug-likeness (QED) is 0.730. The second kappa shape index (κ2) is 6.43. The van der Waals surface area contributed by atoms with E-state index in [4.69, 9.17) is 0 Å². The molecule has 0 radical (unpaired) electrons. The lowest BCUT2D eigenvalue weighted by atomic mass is 10.1. The molecule has 1 aromatic rings. The third-order valence-electron chi connectivity index (χ3n) is 1.65. The molecule has 0 saturated carbocycles. The first kappa shape index (κ1) is 13.9. The van der Waals surface area contributed by atoms with E-state index in [9.17, 15) is 13.2 Å². The fourth-order valence-corrected chi connectivity index (χ4v) is 1.03. The maximum Gasteiger partial charge on any atom is 0.433 e. The maximum atomic E-state index is 12.0. The summed E-state index contributed by atoms with van der Waals surface area (Å²) < 4.78 is 36.1. The van der Waals surface area contributed by atoms with Crippen LogP contribution in [0.3, 0.4) is 0 Å². The maximum absolute atomic E-state index is 12.0. The van der Waals surface area contributed by atoms with Crippen molar-refractivity contribution in [2.24, 2.45) is 0 Å². The van der Waals surface area contributed by atoms with Crippen LogP contribution in [0.1, 0.15) is 38.4 Å². The van der Waals surface area contributed by atoms with Crippen molar-refractivity contribution in [3.05, 3.63) is 29.6 Å². The fraction of sp³-hybridized carbons (Fsp3) is 0.545. The Morgan fingerprint density at radius 1 is 1.20 bits per heavy atom. The van der Waals surface area contributed by atoms with Crippen molar-refractivity contribution < 1.29 is 13.2 Å². The molecule has 0 aliphatic carbocycles. The molecule has 86 valence electrons. The summed E-state index contributed by atoms with van der Waals surface area (Å²) in [5.74, 6) is 0. The normalized spacial score (nSPS) is 10.5. The van der Waals surface area contributed by atoms with Crippen LogP contribution in [0.15, 0.2) is 18.3 Å². The predicted molar refractivity (Wildman–Crippen MR) is 54.6 cm³/mol. The van der Waals surface area contributed by atoms with Gasteiger partial charge in [0.05, 0.1) is 0 Å². The van der Waals surface area contributed by atoms with Gasteiger partial charge in [0.2, 0.25) is 0 Å². The van der Waals surface area contributed by atoms with Crippen molar-refractivity contribution in [3.8, 4) is 0 Å². The highest BCUT2D eigenvalue weighted by molar-refractivity contribution is 5.15. The zero-order valence-corrected chi connectivity index (χ0v) is 9.23. The van der Waals surface area contributed by atoms with Crippen LogP contribution in [0.25, 0.3) is 0 Å². The smallest absolute Gasteiger partial charge is 0.252 e. The Morgan fingerprint density at radius 3 is 2.13 bits per heavy atom. The highest BCUT2D eigenvalue weighted by atomic mass is 19.4. The summed E-state index contributed by atoms with van der Waals surface area (Å²) in [7, 11) is 0. The Morgan fingerprint density at radius 2 is 1.80 bits per heavy atom. The van der Waals surface area contributed by atoms with Crippen LogP contribution in [0.5, 0.6) is 0 Å². The zero-order valence-electron chi connectivity index (χ0n) is 9.23. The Bertz CT molecular complexity index is 264. The topological polar surface area (TPSA) is 12.9 Å². The lowest BCUT2D eigenvalue weighted by molar-refractivity contribution is -0.141. The number of hydrogen-bond donors (Lipinski definition) is 0. The molecule has 1 heterocycles. The first-order valence-electron chi connectivity index (χ1n) is 5.06. The number of halogens is 3. The van der Waals surface area contributed by atoms with Crippen molar-refractivity contribution >= 4 is 0 Å². The molecule has 15 heavy (non-hydrogen) atoms. The summed E-state index contributed by atoms with van der Waals surface area (Å²) in [6, 6.07) is 2.49. The molecule has 0 aromatic carbocycles. The van der Waals surface area contributed by atoms with E-state index < -0.39 is 11.9 Å². The highest BCUT2D eigenvalue weighted by Crippen LogP contribution is 2.27. The van der Waals surface area contributed by atoms with E-state index in [1.807, 2.05) is 20.8 Å². The van der Waals surface area contributed by atoms with E-state index >= 15 is 0 Å². The Balaban J connectivity index is 0.000000921. The lowest BCUT2D eigenvalue weighted by Crippen LogP contribution is -2.07. The van der Waals surface area contributed by atoms with E-state index in [0.29, 0.717) is 0 Å². The molecule has 0 atom stereocenters. The number of pyridine rings is 1. The molecule has 4 heteroatoms. The first-order valence-corrected chi connectivity index (χ1v) is 5.06. The van der Waals surface area contributed by atoms with Crippen LogP contribution in [0.2, 0.25) is 0 Å². The van der Waals surface area contributed by atoms with Crippen molar-refractivity contribution in [2.45, 2.75) is 39.8 Å². The molecule has 0 N–H and O–H groups in total. The number of aromatic nitrogens is 1. The SMILES string of the molecule is CC.CCCc1ccc(C(F)(F)F)nc1. The molecule has 1 rings (SSSR count). The van der Waals surface area contributed by atoms with Crippen molar-refractivity contribution in [2.75, 3.05) is 0 Å². The molecule has 0 amide bonds. The number of nitrogens with zero attached hydrogens (tertiary/aromatic N) is 1. The third-order valence-corrected chi connectivity index (χ3v) is 1.65. The van der Waals surface area contributed by atoms with Crippen LogP contribution < -0.4 is 0 Å². The van der Waals surface area contributed by atoms with Crippen molar-refractivity contribution in [1.29, 1.82) is 0 Å². The van der Waals surface area contributed by atoms with Crippen molar-refractivity contribution in [3.63, 3.8) is 0 Å². The first-order chi connectivity index (χ1) is 7.04. The predicted octanol–water partition coefficient (Wildman–Crippen LogP) is 4.08. The lowest BCUT2D eigenvalue weighted by Gasteiger charge is -2.05. The molecule has 0 unspecified atom stereocenters. The summed E-state index contributed by atoms with van der Waals surface area (Å²) in [5, 5.41) is 0. The summed E-state index contributed by atoms with van der Waals surface area (Å²) >= 11 is 0. The molecule has 0 fully saturated rings. The molecule has 1 aromatic heterocycles. The van der Waals surface area contributed by atoms with Crippen molar-refractivity contribution in [1.82, 2.24) is 4.98 Å². The van der Waals surface area contributed by atoms with E-state index in [2.05, 4.69) is 4.98 Å². The van der Waals surface area contributed by atoms with E-state index in [0.717, 1.165) is 24.5 Å². The van der Waals surface area contributed by atoms with Gasteiger partial charge in [-0.25, -0.2) is 0 Å². The Labute approximate surface area is 88.3 Å². The summed E-state index contributed by atoms with van der Waals surface area (Å²) in [5.41, 5.74) is 0.0165. The van der Waals surface area contributed by atoms with Gasteiger partial charge in [-0.1, -0.05) is 33.3 Å². The van der Waals surface area contributed by atoms with Crippen LogP contribution in [0, 0.1) is 0 Å². The van der Waals surface area contributed by atoms with Gasteiger partial charge in [-0.15, -0.1) is 0 Å². The molecule has 0 aliphatic heterocycles. The summed E-state index contributed by atoms with van der Waals surface area (Å²) in [6.45, 7) is 5.97. The monoisotopic (exact) mass is 219 g/mol. The molecule has 1 nitrogen and oxygen atoms in total. The van der Waals surface area contributed by atoms with E-state index in [-0.39, 0.29) is 0 Å². The molecular weight excluding hydrogens is 203 g/mol. The van der Waals surface area contributed by atoms with Gasteiger partial charge in [0.1, 0.15) is 5.69 Å². The standard InChI is InChI=1S/C9H10F3N.C2H6/c1-2-3-7-4-5-8(13-6-7)9(10,11)12;1-2/h4-6H,2-3H2,1H3;1-2H3. The Kier molecular flexibility index (Phi) is 5.97. The minimum absolute atomic E-state index is 0.769. The molecule has 0 aliphatic rings. The fourth-order valence-electron chi connectivity index (χ4n) is 1.03. The molecule has 0 bridgehead atoms. The molecular formula is C11H16F3N. The van der Waals surface area contributed by atoms with Gasteiger partial charge in [0, 0.05) is 6.20 Å². The van der Waals surface area contributed by atoms with Gasteiger partial charge in [-0.2, -0.15) is 13.2 Å². The zero-order chi connectivity index (χ0) is 11.9. The van der Waals surface area contributed by atoms with Gasteiger partial charge < -0.3 is 0 Å². The minimum Gasteiger partial charge on any atom is -0.252 e. The average Bonchev–Trinajstić information content (AvgIpc) is 2.21. The summed E-state index contributed by atoms with van der Waals surface area (Å²) in [4.78, 5) is 3.34. The second-order valence-corrected chi connectivity index (χ2v) is 2.80. The van der Waals surface area contributed by atoms with Gasteiger partial charge >= 0.3 is 6.18 Å². The summed E-state index contributed by atoms with van der Waals surface area (Å²) in [6.07, 6.45) is -1.37. The van der Waals surface area contributed by atoms with Crippen LogP contribution in [-0.4, -0.2) is 4.98 Å². The molecule has 0 spiro atoms.